The van der Waals surface area contributed by atoms with Gasteiger partial charge in [-0.25, -0.2) is 0 Å². The van der Waals surface area contributed by atoms with Gasteiger partial charge >= 0.3 is 0 Å². The Kier molecular flexibility index (Phi) is 5.44. The van der Waals surface area contributed by atoms with Gasteiger partial charge in [-0.2, -0.15) is 0 Å². The number of hydrogen-bond donors (Lipinski definition) is 1. The van der Waals surface area contributed by atoms with Gasteiger partial charge in [-0.05, 0) is 49.4 Å². The molecule has 0 spiro atoms. The largest absolute Gasteiger partial charge is 0.339 e. The third-order valence-corrected chi connectivity index (χ3v) is 6.15. The molecule has 0 aromatic heterocycles. The summed E-state index contributed by atoms with van der Waals surface area (Å²) in [4.78, 5) is 38.4. The molecule has 1 N–H and O–H groups in total. The molecule has 0 radical (unpaired) electrons. The molecule has 2 aliphatic rings. The fourth-order valence-electron chi connectivity index (χ4n) is 4.25. The third kappa shape index (κ3) is 3.81. The molecule has 1 aliphatic carbocycles. The van der Waals surface area contributed by atoms with E-state index in [0.29, 0.717) is 29.6 Å². The highest BCUT2D eigenvalue weighted by molar-refractivity contribution is 5.98. The number of Topliss-reactive ketones (excluding diaryl/α,β-unsaturated/α-hetero) is 1. The first-order chi connectivity index (χ1) is 12.4. The Morgan fingerprint density at radius 1 is 1.12 bits per heavy atom. The zero-order chi connectivity index (χ0) is 18.8. The maximum Gasteiger partial charge on any atom is 0.229 e. The quantitative estimate of drug-likeness (QED) is 0.840. The van der Waals surface area contributed by atoms with Gasteiger partial charge in [0.1, 0.15) is 0 Å². The average molecular weight is 356 g/mol. The fourth-order valence-corrected chi connectivity index (χ4v) is 4.25. The molecule has 0 bridgehead atoms. The molecule has 3 rings (SSSR count). The summed E-state index contributed by atoms with van der Waals surface area (Å²) in [7, 11) is 0. The van der Waals surface area contributed by atoms with E-state index in [0.717, 1.165) is 12.8 Å². The van der Waals surface area contributed by atoms with Crippen LogP contribution in [0, 0.1) is 17.8 Å². The number of carbonyl (C=O) groups is 3. The second kappa shape index (κ2) is 7.60. The number of nitrogens with zero attached hydrogens (tertiary/aromatic N) is 1. The van der Waals surface area contributed by atoms with Crippen LogP contribution < -0.4 is 5.32 Å². The third-order valence-electron chi connectivity index (χ3n) is 6.15. The predicted octanol–water partition coefficient (Wildman–Crippen LogP) is 3.50. The Balaban J connectivity index is 1.62. The maximum absolute atomic E-state index is 12.6. The van der Waals surface area contributed by atoms with Crippen molar-refractivity contribution in [2.75, 3.05) is 11.9 Å². The maximum atomic E-state index is 12.6. The average Bonchev–Trinajstić information content (AvgIpc) is 2.99. The first-order valence-electron chi connectivity index (χ1n) is 9.58. The number of ketones is 1. The van der Waals surface area contributed by atoms with Crippen LogP contribution in [0.1, 0.15) is 56.8 Å². The zero-order valence-corrected chi connectivity index (χ0v) is 15.8. The van der Waals surface area contributed by atoms with Crippen molar-refractivity contribution in [1.29, 1.82) is 0 Å². The Morgan fingerprint density at radius 2 is 1.81 bits per heavy atom. The van der Waals surface area contributed by atoms with Crippen molar-refractivity contribution in [3.8, 4) is 0 Å². The number of amides is 2. The van der Waals surface area contributed by atoms with Gasteiger partial charge in [0.05, 0.1) is 5.92 Å². The van der Waals surface area contributed by atoms with E-state index in [2.05, 4.69) is 19.2 Å². The molecule has 1 saturated carbocycles. The van der Waals surface area contributed by atoms with Crippen molar-refractivity contribution in [2.45, 2.75) is 52.5 Å². The van der Waals surface area contributed by atoms with Gasteiger partial charge in [0.2, 0.25) is 11.8 Å². The van der Waals surface area contributed by atoms with Gasteiger partial charge in [0, 0.05) is 30.3 Å². The first-order valence-corrected chi connectivity index (χ1v) is 9.58. The van der Waals surface area contributed by atoms with E-state index >= 15 is 0 Å². The summed E-state index contributed by atoms with van der Waals surface area (Å²) in [5, 5.41) is 2.88. The molecule has 26 heavy (non-hydrogen) atoms. The van der Waals surface area contributed by atoms with Crippen molar-refractivity contribution in [1.82, 2.24) is 4.90 Å². The summed E-state index contributed by atoms with van der Waals surface area (Å²) in [5.74, 6) is 0.772. The summed E-state index contributed by atoms with van der Waals surface area (Å²) in [6, 6.07) is 7.13. The highest BCUT2D eigenvalue weighted by atomic mass is 16.2. The molecule has 0 unspecified atom stereocenters. The molecule has 1 saturated heterocycles. The molecule has 5 heteroatoms. The van der Waals surface area contributed by atoms with Crippen molar-refractivity contribution >= 4 is 23.3 Å². The highest BCUT2D eigenvalue weighted by Crippen LogP contribution is 2.35. The van der Waals surface area contributed by atoms with E-state index in [9.17, 15) is 14.4 Å². The summed E-state index contributed by atoms with van der Waals surface area (Å²) in [5.41, 5.74) is 1.27. The smallest absolute Gasteiger partial charge is 0.229 e. The van der Waals surface area contributed by atoms with Gasteiger partial charge in [0.25, 0.3) is 0 Å². The summed E-state index contributed by atoms with van der Waals surface area (Å²) >= 11 is 0. The van der Waals surface area contributed by atoms with E-state index in [1.54, 1.807) is 24.3 Å². The molecule has 5 nitrogen and oxygen atoms in total. The first kappa shape index (κ1) is 18.6. The summed E-state index contributed by atoms with van der Waals surface area (Å²) in [6.07, 6.45) is 3.70. The lowest BCUT2D eigenvalue weighted by Gasteiger charge is -2.40. The number of anilines is 1. The van der Waals surface area contributed by atoms with Crippen molar-refractivity contribution in [3.05, 3.63) is 29.8 Å². The summed E-state index contributed by atoms with van der Waals surface area (Å²) < 4.78 is 0. The minimum Gasteiger partial charge on any atom is -0.339 e. The van der Waals surface area contributed by atoms with Crippen molar-refractivity contribution in [2.24, 2.45) is 17.8 Å². The topological polar surface area (TPSA) is 66.5 Å². The Hall–Kier alpha value is -2.17. The normalized spacial score (nSPS) is 28.9. The molecule has 1 aromatic carbocycles. The minimum absolute atomic E-state index is 0.00395. The molecule has 140 valence electrons. The van der Waals surface area contributed by atoms with Crippen LogP contribution in [0.15, 0.2) is 24.3 Å². The summed E-state index contributed by atoms with van der Waals surface area (Å²) in [6.45, 7) is 6.51. The van der Waals surface area contributed by atoms with Crippen LogP contribution in [0.2, 0.25) is 0 Å². The lowest BCUT2D eigenvalue weighted by molar-refractivity contribution is -0.131. The molecule has 2 amide bonds. The molecular weight excluding hydrogens is 328 g/mol. The van der Waals surface area contributed by atoms with Crippen LogP contribution in [-0.4, -0.2) is 35.1 Å². The van der Waals surface area contributed by atoms with Crippen molar-refractivity contribution in [3.63, 3.8) is 0 Å². The van der Waals surface area contributed by atoms with Crippen LogP contribution in [0.25, 0.3) is 0 Å². The Labute approximate surface area is 155 Å². The predicted molar refractivity (Wildman–Crippen MR) is 101 cm³/mol. The number of rotatable bonds is 4. The standard InChI is InChI=1S/C21H28N2O3/c1-13-5-4-6-19(14(13)2)23-12-17(11-20(23)25)21(26)22-18-9-7-16(8-10-18)15(3)24/h7-10,13-14,17,19H,4-6,11-12H2,1-3H3,(H,22,26)/t13-,14-,17-,19-/m1/s1. The number of nitrogens with one attached hydrogen (secondary N) is 1. The molecular formula is C21H28N2O3. The second-order valence-corrected chi connectivity index (χ2v) is 7.90. The van der Waals surface area contributed by atoms with Crippen LogP contribution >= 0.6 is 0 Å². The minimum atomic E-state index is -0.306. The van der Waals surface area contributed by atoms with Crippen LogP contribution in [0.3, 0.4) is 0 Å². The van der Waals surface area contributed by atoms with Gasteiger partial charge in [-0.1, -0.05) is 26.7 Å². The number of benzene rings is 1. The molecule has 4 atom stereocenters. The van der Waals surface area contributed by atoms with E-state index in [4.69, 9.17) is 0 Å². The lowest BCUT2D eigenvalue weighted by Crippen LogP contribution is -2.45. The molecule has 1 aromatic rings. The number of carbonyl (C=O) groups excluding carboxylic acids is 3. The van der Waals surface area contributed by atoms with Gasteiger partial charge in [0.15, 0.2) is 5.78 Å². The second-order valence-electron chi connectivity index (χ2n) is 7.90. The van der Waals surface area contributed by atoms with Gasteiger partial charge in [-0.3, -0.25) is 14.4 Å². The molecule has 1 heterocycles. The Bertz CT molecular complexity index is 698. The molecule has 2 fully saturated rings. The SMILES string of the molecule is CC(=O)c1ccc(NC(=O)[C@@H]2CC(=O)N([C@@H]3CCC[C@@H](C)[C@H]3C)C2)cc1. The van der Waals surface area contributed by atoms with Gasteiger partial charge < -0.3 is 10.2 Å². The van der Waals surface area contributed by atoms with Gasteiger partial charge in [-0.15, -0.1) is 0 Å². The zero-order valence-electron chi connectivity index (χ0n) is 15.8. The highest BCUT2D eigenvalue weighted by Gasteiger charge is 2.41. The van der Waals surface area contributed by atoms with E-state index in [1.807, 2.05) is 4.90 Å². The monoisotopic (exact) mass is 356 g/mol. The Morgan fingerprint density at radius 3 is 2.46 bits per heavy atom. The van der Waals surface area contributed by atoms with Crippen LogP contribution in [0.4, 0.5) is 5.69 Å². The van der Waals surface area contributed by atoms with E-state index < -0.39 is 0 Å². The number of hydrogen-bond acceptors (Lipinski definition) is 3. The van der Waals surface area contributed by atoms with E-state index in [-0.39, 0.29) is 36.0 Å². The number of likely N-dealkylation sites (tertiary alicyclic amines) is 1. The van der Waals surface area contributed by atoms with Crippen LogP contribution in [0.5, 0.6) is 0 Å². The lowest BCUT2D eigenvalue weighted by atomic mass is 9.77. The van der Waals surface area contributed by atoms with Crippen LogP contribution in [-0.2, 0) is 9.59 Å². The fraction of sp³-hybridized carbons (Fsp3) is 0.571. The van der Waals surface area contributed by atoms with E-state index in [1.165, 1.54) is 13.3 Å². The van der Waals surface area contributed by atoms with Crippen molar-refractivity contribution < 1.29 is 14.4 Å². The molecule has 1 aliphatic heterocycles.